The molecule has 0 heterocycles. The maximum atomic E-state index is 11.9. The first-order valence-corrected chi connectivity index (χ1v) is 7.90. The van der Waals surface area contributed by atoms with Crippen LogP contribution in [0.1, 0.15) is 57.8 Å². The van der Waals surface area contributed by atoms with Gasteiger partial charge in [0.1, 0.15) is 5.54 Å². The van der Waals surface area contributed by atoms with Gasteiger partial charge in [0.05, 0.1) is 12.6 Å². The lowest BCUT2D eigenvalue weighted by atomic mass is 9.96. The fourth-order valence-electron chi connectivity index (χ4n) is 3.20. The third-order valence-electron chi connectivity index (χ3n) is 4.40. The summed E-state index contributed by atoms with van der Waals surface area (Å²) in [5.41, 5.74) is -0.724. The summed E-state index contributed by atoms with van der Waals surface area (Å²) in [5, 5.41) is 17.4. The highest BCUT2D eigenvalue weighted by atomic mass is 16.2. The standard InChI is InChI=1S/C15H24N4O2/c16-11-15(8-4-5-9-15)19-13(20)10-17-14(21)18-12-6-2-1-3-7-12/h12H,1-10H2,(H,19,20)(H2,17,18,21). The molecule has 3 N–H and O–H groups in total. The first kappa shape index (κ1) is 15.6. The SMILES string of the molecule is N#CC1(NC(=O)CNC(=O)NC2CCCCC2)CCCC1. The average molecular weight is 292 g/mol. The van der Waals surface area contributed by atoms with Crippen LogP contribution in [0, 0.1) is 11.3 Å². The molecule has 2 aliphatic rings. The molecule has 6 heteroatoms. The fourth-order valence-corrected chi connectivity index (χ4v) is 3.20. The van der Waals surface area contributed by atoms with Gasteiger partial charge in [0.25, 0.3) is 0 Å². The van der Waals surface area contributed by atoms with Gasteiger partial charge in [-0.05, 0) is 38.5 Å². The highest BCUT2D eigenvalue weighted by Gasteiger charge is 2.35. The summed E-state index contributed by atoms with van der Waals surface area (Å²) in [6.45, 7) is -0.0814. The lowest BCUT2D eigenvalue weighted by Gasteiger charge is -2.24. The van der Waals surface area contributed by atoms with Crippen LogP contribution in [0.3, 0.4) is 0 Å². The van der Waals surface area contributed by atoms with E-state index in [1.54, 1.807) is 0 Å². The van der Waals surface area contributed by atoms with E-state index in [2.05, 4.69) is 22.0 Å². The van der Waals surface area contributed by atoms with Crippen LogP contribution in [0.4, 0.5) is 4.79 Å². The monoisotopic (exact) mass is 292 g/mol. The van der Waals surface area contributed by atoms with Crippen molar-refractivity contribution < 1.29 is 9.59 Å². The number of hydrogen-bond donors (Lipinski definition) is 3. The third-order valence-corrected chi connectivity index (χ3v) is 4.40. The van der Waals surface area contributed by atoms with Gasteiger partial charge >= 0.3 is 6.03 Å². The second-order valence-electron chi connectivity index (χ2n) is 6.11. The lowest BCUT2D eigenvalue weighted by molar-refractivity contribution is -0.121. The molecule has 0 spiro atoms. The highest BCUT2D eigenvalue weighted by molar-refractivity contribution is 5.84. The summed E-state index contributed by atoms with van der Waals surface area (Å²) in [6.07, 6.45) is 8.87. The van der Waals surface area contributed by atoms with E-state index in [1.807, 2.05) is 0 Å². The number of rotatable bonds is 4. The van der Waals surface area contributed by atoms with Crippen LogP contribution in [-0.4, -0.2) is 30.1 Å². The van der Waals surface area contributed by atoms with Gasteiger partial charge in [-0.1, -0.05) is 19.3 Å². The Bertz CT molecular complexity index is 418. The number of nitrogens with one attached hydrogen (secondary N) is 3. The topological polar surface area (TPSA) is 94.0 Å². The smallest absolute Gasteiger partial charge is 0.315 e. The molecule has 2 saturated carbocycles. The normalized spacial score (nSPS) is 21.3. The fraction of sp³-hybridized carbons (Fsp3) is 0.800. The summed E-state index contributed by atoms with van der Waals surface area (Å²) >= 11 is 0. The Morgan fingerprint density at radius 1 is 1.10 bits per heavy atom. The minimum atomic E-state index is -0.724. The Balaban J connectivity index is 1.68. The molecule has 3 amide bonds. The van der Waals surface area contributed by atoms with Crippen molar-refractivity contribution in [2.75, 3.05) is 6.54 Å². The molecule has 0 atom stereocenters. The first-order chi connectivity index (χ1) is 10.1. The molecule has 0 aromatic heterocycles. The summed E-state index contributed by atoms with van der Waals surface area (Å²) < 4.78 is 0. The lowest BCUT2D eigenvalue weighted by Crippen LogP contribution is -2.51. The number of carbonyl (C=O) groups is 2. The van der Waals surface area contributed by atoms with Gasteiger partial charge in [0.15, 0.2) is 0 Å². The van der Waals surface area contributed by atoms with Crippen molar-refractivity contribution in [2.24, 2.45) is 0 Å². The summed E-state index contributed by atoms with van der Waals surface area (Å²) in [4.78, 5) is 23.6. The van der Waals surface area contributed by atoms with Crippen LogP contribution >= 0.6 is 0 Å². The zero-order valence-corrected chi connectivity index (χ0v) is 12.4. The van der Waals surface area contributed by atoms with Gasteiger partial charge in [0.2, 0.25) is 5.91 Å². The first-order valence-electron chi connectivity index (χ1n) is 7.90. The van der Waals surface area contributed by atoms with Gasteiger partial charge in [-0.15, -0.1) is 0 Å². The largest absolute Gasteiger partial charge is 0.336 e. The van der Waals surface area contributed by atoms with E-state index in [0.29, 0.717) is 12.8 Å². The van der Waals surface area contributed by atoms with Gasteiger partial charge < -0.3 is 16.0 Å². The van der Waals surface area contributed by atoms with Crippen molar-refractivity contribution in [3.63, 3.8) is 0 Å². The van der Waals surface area contributed by atoms with Crippen molar-refractivity contribution >= 4 is 11.9 Å². The van der Waals surface area contributed by atoms with Crippen LogP contribution in [-0.2, 0) is 4.79 Å². The van der Waals surface area contributed by atoms with Gasteiger partial charge in [-0.25, -0.2) is 4.79 Å². The summed E-state index contributed by atoms with van der Waals surface area (Å²) in [6, 6.07) is 2.13. The van der Waals surface area contributed by atoms with E-state index < -0.39 is 5.54 Å². The van der Waals surface area contributed by atoms with Crippen LogP contribution in [0.2, 0.25) is 0 Å². The Hall–Kier alpha value is -1.77. The summed E-state index contributed by atoms with van der Waals surface area (Å²) in [7, 11) is 0. The van der Waals surface area contributed by atoms with Crippen LogP contribution in [0.15, 0.2) is 0 Å². The van der Waals surface area contributed by atoms with Crippen molar-refractivity contribution in [3.8, 4) is 6.07 Å². The zero-order chi connectivity index (χ0) is 15.1. The molecule has 0 saturated heterocycles. The molecule has 0 aromatic rings. The quantitative estimate of drug-likeness (QED) is 0.734. The molecular weight excluding hydrogens is 268 g/mol. The van der Waals surface area contributed by atoms with E-state index in [-0.39, 0.29) is 24.5 Å². The molecule has 2 fully saturated rings. The van der Waals surface area contributed by atoms with Crippen molar-refractivity contribution in [1.82, 2.24) is 16.0 Å². The second-order valence-corrected chi connectivity index (χ2v) is 6.11. The van der Waals surface area contributed by atoms with E-state index in [9.17, 15) is 14.9 Å². The van der Waals surface area contributed by atoms with Crippen LogP contribution < -0.4 is 16.0 Å². The second kappa shape index (κ2) is 7.30. The molecule has 6 nitrogen and oxygen atoms in total. The molecule has 0 unspecified atom stereocenters. The molecule has 116 valence electrons. The molecule has 0 radical (unpaired) electrons. The van der Waals surface area contributed by atoms with Crippen molar-refractivity contribution in [3.05, 3.63) is 0 Å². The zero-order valence-electron chi connectivity index (χ0n) is 12.4. The Kier molecular flexibility index (Phi) is 5.43. The molecule has 0 aromatic carbocycles. The maximum Gasteiger partial charge on any atom is 0.315 e. The van der Waals surface area contributed by atoms with Crippen molar-refractivity contribution in [1.29, 1.82) is 5.26 Å². The van der Waals surface area contributed by atoms with E-state index in [0.717, 1.165) is 38.5 Å². The summed E-state index contributed by atoms with van der Waals surface area (Å²) in [5.74, 6) is -0.294. The predicted molar refractivity (Wildman–Crippen MR) is 78.4 cm³/mol. The van der Waals surface area contributed by atoms with Gasteiger partial charge in [-0.2, -0.15) is 5.26 Å². The Labute approximate surface area is 125 Å². The number of carbonyl (C=O) groups excluding carboxylic acids is 2. The average Bonchev–Trinajstić information content (AvgIpc) is 2.95. The maximum absolute atomic E-state index is 11.9. The highest BCUT2D eigenvalue weighted by Crippen LogP contribution is 2.28. The third kappa shape index (κ3) is 4.62. The number of hydrogen-bond acceptors (Lipinski definition) is 3. The minimum Gasteiger partial charge on any atom is -0.336 e. The molecule has 2 rings (SSSR count). The van der Waals surface area contributed by atoms with E-state index in [4.69, 9.17) is 0 Å². The van der Waals surface area contributed by atoms with Crippen LogP contribution in [0.5, 0.6) is 0 Å². The number of urea groups is 1. The molecule has 0 aliphatic heterocycles. The minimum absolute atomic E-state index is 0.0814. The molecular formula is C15H24N4O2. The number of amides is 3. The number of nitrogens with zero attached hydrogens (tertiary/aromatic N) is 1. The molecule has 21 heavy (non-hydrogen) atoms. The Morgan fingerprint density at radius 3 is 2.38 bits per heavy atom. The predicted octanol–water partition coefficient (Wildman–Crippen LogP) is 1.57. The number of nitriles is 1. The van der Waals surface area contributed by atoms with E-state index in [1.165, 1.54) is 6.42 Å². The molecule has 0 bridgehead atoms. The van der Waals surface area contributed by atoms with Gasteiger partial charge in [-0.3, -0.25) is 4.79 Å². The Morgan fingerprint density at radius 2 is 1.76 bits per heavy atom. The van der Waals surface area contributed by atoms with E-state index >= 15 is 0 Å². The molecule has 2 aliphatic carbocycles. The van der Waals surface area contributed by atoms with Gasteiger partial charge in [0, 0.05) is 6.04 Å². The van der Waals surface area contributed by atoms with Crippen LogP contribution in [0.25, 0.3) is 0 Å². The van der Waals surface area contributed by atoms with Crippen molar-refractivity contribution in [2.45, 2.75) is 69.4 Å².